The zero-order valence-corrected chi connectivity index (χ0v) is 17.0. The summed E-state index contributed by atoms with van der Waals surface area (Å²) in [6.45, 7) is 5.35. The summed E-state index contributed by atoms with van der Waals surface area (Å²) in [4.78, 5) is 22.5. The van der Waals surface area contributed by atoms with Gasteiger partial charge in [-0.05, 0) is 49.7 Å². The van der Waals surface area contributed by atoms with Crippen molar-refractivity contribution < 1.29 is 9.18 Å². The Morgan fingerprint density at radius 3 is 2.48 bits per heavy atom. The maximum atomic E-state index is 13.4. The average Bonchev–Trinajstić information content (AvgIpc) is 2.98. The van der Waals surface area contributed by atoms with Crippen molar-refractivity contribution in [3.8, 4) is 11.1 Å². The van der Waals surface area contributed by atoms with Gasteiger partial charge in [-0.2, -0.15) is 0 Å². The van der Waals surface area contributed by atoms with Crippen molar-refractivity contribution in [2.45, 2.75) is 20.8 Å². The van der Waals surface area contributed by atoms with E-state index in [1.54, 1.807) is 23.5 Å². The number of halogens is 1. The second-order valence-electron chi connectivity index (χ2n) is 6.73. The zero-order valence-electron chi connectivity index (χ0n) is 16.2. The molecule has 7 heteroatoms. The largest absolute Gasteiger partial charge is 0.339 e. The topological polar surface area (TPSA) is 66.9 Å². The van der Waals surface area contributed by atoms with Crippen LogP contribution >= 0.6 is 11.3 Å². The number of amides is 1. The molecule has 0 fully saturated rings. The predicted molar refractivity (Wildman–Crippen MR) is 116 cm³/mol. The van der Waals surface area contributed by atoms with Crippen molar-refractivity contribution in [3.63, 3.8) is 0 Å². The molecule has 146 valence electrons. The summed E-state index contributed by atoms with van der Waals surface area (Å²) in [7, 11) is 0. The summed E-state index contributed by atoms with van der Waals surface area (Å²) in [6.07, 6.45) is 0. The van der Waals surface area contributed by atoms with Crippen LogP contribution in [0.5, 0.6) is 0 Å². The van der Waals surface area contributed by atoms with E-state index in [9.17, 15) is 9.18 Å². The molecule has 5 nitrogen and oxygen atoms in total. The smallest absolute Gasteiger partial charge is 0.221 e. The average molecular weight is 406 g/mol. The highest BCUT2D eigenvalue weighted by Gasteiger charge is 2.18. The van der Waals surface area contributed by atoms with Crippen LogP contribution in [0.2, 0.25) is 0 Å². The van der Waals surface area contributed by atoms with Gasteiger partial charge in [0.05, 0.1) is 5.39 Å². The number of hydrogen-bond donors (Lipinski definition) is 2. The molecular weight excluding hydrogens is 387 g/mol. The first-order chi connectivity index (χ1) is 13.9. The number of fused-ring (bicyclic) bond motifs is 1. The first-order valence-electron chi connectivity index (χ1n) is 9.09. The van der Waals surface area contributed by atoms with Crippen molar-refractivity contribution in [3.05, 3.63) is 65.0 Å². The van der Waals surface area contributed by atoms with Crippen molar-refractivity contribution >= 4 is 44.7 Å². The first-order valence-corrected chi connectivity index (χ1v) is 9.91. The number of carbonyl (C=O) groups is 1. The molecule has 0 saturated carbocycles. The lowest BCUT2D eigenvalue weighted by Crippen LogP contribution is -2.06. The number of nitrogens with zero attached hydrogens (tertiary/aromatic N) is 2. The van der Waals surface area contributed by atoms with Crippen LogP contribution in [0.25, 0.3) is 21.3 Å². The van der Waals surface area contributed by atoms with Gasteiger partial charge in [-0.1, -0.05) is 18.2 Å². The van der Waals surface area contributed by atoms with Crippen molar-refractivity contribution in [1.82, 2.24) is 9.97 Å². The number of carbonyl (C=O) groups excluding carboxylic acids is 1. The summed E-state index contributed by atoms with van der Waals surface area (Å²) >= 11 is 1.59. The first kappa shape index (κ1) is 19.0. The fourth-order valence-corrected chi connectivity index (χ4v) is 4.38. The van der Waals surface area contributed by atoms with Crippen LogP contribution in [-0.4, -0.2) is 15.9 Å². The van der Waals surface area contributed by atoms with Crippen LogP contribution in [0.1, 0.15) is 17.6 Å². The van der Waals surface area contributed by atoms with Gasteiger partial charge in [0.25, 0.3) is 0 Å². The second-order valence-corrected chi connectivity index (χ2v) is 7.93. The molecular formula is C22H19FN4OS. The van der Waals surface area contributed by atoms with Gasteiger partial charge in [-0.3, -0.25) is 4.79 Å². The molecule has 2 aromatic heterocycles. The van der Waals surface area contributed by atoms with Crippen LogP contribution in [0.3, 0.4) is 0 Å². The third-order valence-electron chi connectivity index (χ3n) is 4.42. The number of nitrogens with one attached hydrogen (secondary N) is 2. The van der Waals surface area contributed by atoms with E-state index in [1.807, 2.05) is 38.1 Å². The Bertz CT molecular complexity index is 1220. The number of rotatable bonds is 4. The lowest BCUT2D eigenvalue weighted by molar-refractivity contribution is -0.114. The van der Waals surface area contributed by atoms with Gasteiger partial charge in [0, 0.05) is 28.7 Å². The number of thiophene rings is 1. The Kier molecular flexibility index (Phi) is 4.98. The lowest BCUT2D eigenvalue weighted by Gasteiger charge is -2.11. The van der Waals surface area contributed by atoms with E-state index in [0.717, 1.165) is 31.9 Å². The molecule has 0 saturated heterocycles. The van der Waals surface area contributed by atoms with Crippen molar-refractivity contribution in [1.29, 1.82) is 0 Å². The molecule has 4 rings (SSSR count). The molecule has 0 unspecified atom stereocenters. The highest BCUT2D eigenvalue weighted by atomic mass is 32.1. The van der Waals surface area contributed by atoms with Gasteiger partial charge < -0.3 is 10.6 Å². The Balaban J connectivity index is 1.84. The van der Waals surface area contributed by atoms with E-state index >= 15 is 0 Å². The standard InChI is InChI=1S/C22H19FN4OS/c1-12-19(15-7-9-16(23)10-8-15)20-21(24-13(2)25-22(20)29-12)27-18-6-4-5-17(11-18)26-14(3)28/h4-11H,1-3H3,(H,26,28)(H,24,25,27). The van der Waals surface area contributed by atoms with Gasteiger partial charge >= 0.3 is 0 Å². The Morgan fingerprint density at radius 2 is 1.76 bits per heavy atom. The summed E-state index contributed by atoms with van der Waals surface area (Å²) in [5.74, 6) is 0.932. The van der Waals surface area contributed by atoms with E-state index in [0.29, 0.717) is 17.3 Å². The van der Waals surface area contributed by atoms with Crippen LogP contribution < -0.4 is 10.6 Å². The monoisotopic (exact) mass is 406 g/mol. The minimum absolute atomic E-state index is 0.130. The molecule has 0 bridgehead atoms. The van der Waals surface area contributed by atoms with Gasteiger partial charge in [-0.25, -0.2) is 14.4 Å². The quantitative estimate of drug-likeness (QED) is 0.448. The minimum atomic E-state index is -0.272. The van der Waals surface area contributed by atoms with Crippen LogP contribution in [0, 0.1) is 19.7 Å². The molecule has 2 N–H and O–H groups in total. The Morgan fingerprint density at radius 1 is 1.03 bits per heavy atom. The maximum absolute atomic E-state index is 13.4. The molecule has 0 spiro atoms. The van der Waals surface area contributed by atoms with Crippen LogP contribution in [0.4, 0.5) is 21.6 Å². The normalized spacial score (nSPS) is 10.9. The molecule has 2 heterocycles. The number of hydrogen-bond acceptors (Lipinski definition) is 5. The molecule has 0 radical (unpaired) electrons. The third-order valence-corrected chi connectivity index (χ3v) is 5.42. The minimum Gasteiger partial charge on any atom is -0.339 e. The highest BCUT2D eigenvalue weighted by molar-refractivity contribution is 7.19. The Labute approximate surface area is 171 Å². The number of benzene rings is 2. The maximum Gasteiger partial charge on any atom is 0.221 e. The molecule has 0 aliphatic carbocycles. The SMILES string of the molecule is CC(=O)Nc1cccc(Nc2nc(C)nc3sc(C)c(-c4ccc(F)cc4)c23)c1. The summed E-state index contributed by atoms with van der Waals surface area (Å²) in [6, 6.07) is 13.9. The molecule has 0 aliphatic rings. The van der Waals surface area contributed by atoms with Crippen LogP contribution in [0.15, 0.2) is 48.5 Å². The number of aromatic nitrogens is 2. The zero-order chi connectivity index (χ0) is 20.5. The van der Waals surface area contributed by atoms with E-state index in [1.165, 1.54) is 19.1 Å². The summed E-state index contributed by atoms with van der Waals surface area (Å²) in [5, 5.41) is 7.05. The van der Waals surface area contributed by atoms with E-state index in [2.05, 4.69) is 20.6 Å². The second kappa shape index (κ2) is 7.60. The fraction of sp³-hybridized carbons (Fsp3) is 0.136. The third kappa shape index (κ3) is 3.95. The van der Waals surface area contributed by atoms with Crippen molar-refractivity contribution in [2.75, 3.05) is 10.6 Å². The fourth-order valence-electron chi connectivity index (χ4n) is 3.29. The molecule has 0 atom stereocenters. The molecule has 29 heavy (non-hydrogen) atoms. The van der Waals surface area contributed by atoms with Gasteiger partial charge in [-0.15, -0.1) is 11.3 Å². The summed E-state index contributed by atoms with van der Waals surface area (Å²) in [5.41, 5.74) is 3.40. The molecule has 0 aliphatic heterocycles. The summed E-state index contributed by atoms with van der Waals surface area (Å²) < 4.78 is 13.4. The highest BCUT2D eigenvalue weighted by Crippen LogP contribution is 2.41. The molecule has 4 aromatic rings. The molecule has 1 amide bonds. The number of aryl methyl sites for hydroxylation is 2. The van der Waals surface area contributed by atoms with Crippen LogP contribution in [-0.2, 0) is 4.79 Å². The predicted octanol–water partition coefficient (Wildman–Crippen LogP) is 5.82. The lowest BCUT2D eigenvalue weighted by atomic mass is 10.0. The van der Waals surface area contributed by atoms with E-state index in [4.69, 9.17) is 0 Å². The van der Waals surface area contributed by atoms with Crippen molar-refractivity contribution in [2.24, 2.45) is 0 Å². The van der Waals surface area contributed by atoms with E-state index < -0.39 is 0 Å². The molecule has 2 aromatic carbocycles. The number of anilines is 3. The van der Waals surface area contributed by atoms with Gasteiger partial charge in [0.2, 0.25) is 5.91 Å². The van der Waals surface area contributed by atoms with E-state index in [-0.39, 0.29) is 11.7 Å². The Hall–Kier alpha value is -3.32. The van der Waals surface area contributed by atoms with Gasteiger partial charge in [0.1, 0.15) is 22.3 Å². The van der Waals surface area contributed by atoms with Gasteiger partial charge in [0.15, 0.2) is 0 Å².